The molecule has 4 N–H and O–H groups in total. The molecule has 3 aromatic rings. The van der Waals surface area contributed by atoms with E-state index in [1.165, 1.54) is 18.2 Å². The molecule has 0 aromatic heterocycles. The van der Waals surface area contributed by atoms with E-state index in [1.54, 1.807) is 54.6 Å². The van der Waals surface area contributed by atoms with Gasteiger partial charge in [0.25, 0.3) is 5.91 Å². The number of benzene rings is 3. The molecule has 0 aliphatic carbocycles. The smallest absolute Gasteiger partial charge is 0.305 e. The third-order valence-corrected chi connectivity index (χ3v) is 7.71. The molecule has 1 aliphatic heterocycles. The number of carboxylic acid groups (broad SMARTS) is 1. The normalized spacial score (nSPS) is 14.2. The average molecular weight is 507 g/mol. The van der Waals surface area contributed by atoms with E-state index in [0.717, 1.165) is 19.5 Å². The molecule has 0 spiro atoms. The fourth-order valence-electron chi connectivity index (χ4n) is 3.84. The second-order valence-corrected chi connectivity index (χ2v) is 10.4. The molecule has 9 nitrogen and oxygen atoms in total. The van der Waals surface area contributed by atoms with Crippen molar-refractivity contribution in [3.8, 4) is 0 Å². The number of rotatable bonds is 8. The summed E-state index contributed by atoms with van der Waals surface area (Å²) in [6.45, 7) is 1.55. The van der Waals surface area contributed by atoms with Crippen molar-refractivity contribution in [1.82, 2.24) is 5.32 Å². The number of carbonyl (C=O) groups is 2. The van der Waals surface area contributed by atoms with E-state index in [1.807, 2.05) is 6.07 Å². The minimum atomic E-state index is -4.06. The minimum absolute atomic E-state index is 0.0767. The Morgan fingerprint density at radius 3 is 2.44 bits per heavy atom. The van der Waals surface area contributed by atoms with Crippen molar-refractivity contribution < 1.29 is 23.1 Å². The number of anilines is 2. The van der Waals surface area contributed by atoms with E-state index in [4.69, 9.17) is 0 Å². The third kappa shape index (κ3) is 6.08. The summed E-state index contributed by atoms with van der Waals surface area (Å²) in [4.78, 5) is 28.6. The molecule has 10 heteroatoms. The molecule has 0 saturated heterocycles. The Hall–Kier alpha value is -4.18. The average Bonchev–Trinajstić information content (AvgIpc) is 2.88. The zero-order chi connectivity index (χ0) is 25.5. The summed E-state index contributed by atoms with van der Waals surface area (Å²) in [6.07, 6.45) is 0.383. The quantitative estimate of drug-likeness (QED) is 0.366. The monoisotopic (exact) mass is 506 g/mol. The van der Waals surface area contributed by atoms with Crippen LogP contribution in [-0.2, 0) is 14.6 Å². The number of hydrogen-bond donors (Lipinski definition) is 4. The summed E-state index contributed by atoms with van der Waals surface area (Å²) >= 11 is 0. The second kappa shape index (κ2) is 11.0. The summed E-state index contributed by atoms with van der Waals surface area (Å²) < 4.78 is 26.8. The Morgan fingerprint density at radius 2 is 1.72 bits per heavy atom. The van der Waals surface area contributed by atoms with Gasteiger partial charge in [0.2, 0.25) is 0 Å². The summed E-state index contributed by atoms with van der Waals surface area (Å²) in [5.41, 5.74) is 1.72. The van der Waals surface area contributed by atoms with Crippen molar-refractivity contribution in [2.45, 2.75) is 23.0 Å². The van der Waals surface area contributed by atoms with Gasteiger partial charge in [-0.25, -0.2) is 8.42 Å². The first-order chi connectivity index (χ1) is 17.3. The Bertz CT molecular complexity index is 1390. The molecule has 186 valence electrons. The van der Waals surface area contributed by atoms with Gasteiger partial charge < -0.3 is 21.1 Å². The highest BCUT2D eigenvalue weighted by Crippen LogP contribution is 2.33. The van der Waals surface area contributed by atoms with E-state index in [9.17, 15) is 23.1 Å². The number of aliphatic imine (C=N–C) groups is 1. The minimum Gasteiger partial charge on any atom is -0.481 e. The number of aliphatic carboxylic acids is 1. The van der Waals surface area contributed by atoms with Gasteiger partial charge in [0, 0.05) is 30.0 Å². The zero-order valence-electron chi connectivity index (χ0n) is 19.3. The number of amides is 1. The third-order valence-electron chi connectivity index (χ3n) is 5.61. The number of nitrogens with zero attached hydrogens (tertiary/aromatic N) is 1. The highest BCUT2D eigenvalue weighted by molar-refractivity contribution is 7.91. The topological polar surface area (TPSA) is 137 Å². The van der Waals surface area contributed by atoms with Crippen LogP contribution in [0.15, 0.2) is 88.8 Å². The van der Waals surface area contributed by atoms with Crippen LogP contribution < -0.4 is 16.0 Å². The maximum Gasteiger partial charge on any atom is 0.305 e. The van der Waals surface area contributed by atoms with E-state index in [0.29, 0.717) is 22.8 Å². The van der Waals surface area contributed by atoms with Crippen LogP contribution in [0.2, 0.25) is 0 Å². The van der Waals surface area contributed by atoms with Crippen LogP contribution in [0.4, 0.5) is 11.4 Å². The van der Waals surface area contributed by atoms with E-state index in [-0.39, 0.29) is 10.6 Å². The molecule has 3 aromatic carbocycles. The SMILES string of the molecule is O=C(O)CC(c1ccccc1)S(=O)(=O)c1cccc(NC(=O)c2cccc(NC3=NCCCN3)c2)c1. The molecule has 1 amide bonds. The van der Waals surface area contributed by atoms with Crippen molar-refractivity contribution in [3.05, 3.63) is 90.0 Å². The van der Waals surface area contributed by atoms with Gasteiger partial charge in [-0.1, -0.05) is 42.5 Å². The molecule has 36 heavy (non-hydrogen) atoms. The van der Waals surface area contributed by atoms with Crippen molar-refractivity contribution in [2.24, 2.45) is 4.99 Å². The van der Waals surface area contributed by atoms with Crippen LogP contribution in [0, 0.1) is 0 Å². The first kappa shape index (κ1) is 24.9. The van der Waals surface area contributed by atoms with Gasteiger partial charge in [-0.2, -0.15) is 0 Å². The highest BCUT2D eigenvalue weighted by Gasteiger charge is 2.31. The summed E-state index contributed by atoms with van der Waals surface area (Å²) in [6, 6.07) is 20.9. The van der Waals surface area contributed by atoms with Crippen molar-refractivity contribution in [1.29, 1.82) is 0 Å². The summed E-state index contributed by atoms with van der Waals surface area (Å²) in [7, 11) is -4.06. The molecule has 0 radical (unpaired) electrons. The molecule has 1 heterocycles. The molecule has 0 fully saturated rings. The zero-order valence-corrected chi connectivity index (χ0v) is 20.2. The Balaban J connectivity index is 1.54. The van der Waals surface area contributed by atoms with Gasteiger partial charge >= 0.3 is 5.97 Å². The van der Waals surface area contributed by atoms with Gasteiger partial charge in [0.05, 0.1) is 11.3 Å². The summed E-state index contributed by atoms with van der Waals surface area (Å²) in [5.74, 6) is -0.998. The molecule has 1 unspecified atom stereocenters. The number of carboxylic acids is 1. The van der Waals surface area contributed by atoms with Gasteiger partial charge in [-0.15, -0.1) is 0 Å². The molecular weight excluding hydrogens is 480 g/mol. The van der Waals surface area contributed by atoms with Gasteiger partial charge in [-0.3, -0.25) is 14.6 Å². The molecule has 0 bridgehead atoms. The fraction of sp³-hybridized carbons (Fsp3) is 0.192. The lowest BCUT2D eigenvalue weighted by molar-refractivity contribution is -0.137. The van der Waals surface area contributed by atoms with E-state index < -0.39 is 33.4 Å². The molecular formula is C26H26N4O5S. The highest BCUT2D eigenvalue weighted by atomic mass is 32.2. The van der Waals surface area contributed by atoms with Crippen LogP contribution in [0.1, 0.15) is 34.0 Å². The molecule has 1 atom stereocenters. The predicted octanol–water partition coefficient (Wildman–Crippen LogP) is 3.69. The number of carbonyl (C=O) groups excluding carboxylic acids is 1. The standard InChI is InChI=1S/C26H26N4O5S/c31-24(32)17-23(18-7-2-1-3-8-18)36(34,35)22-12-5-11-21(16-22)29-25(33)19-9-4-10-20(15-19)30-26-27-13-6-14-28-26/h1-5,7-12,15-16,23H,6,13-14,17H2,(H,29,33)(H,31,32)(H2,27,28,30). The number of nitrogens with one attached hydrogen (secondary N) is 3. The van der Waals surface area contributed by atoms with Crippen LogP contribution in [0.5, 0.6) is 0 Å². The Morgan fingerprint density at radius 1 is 0.972 bits per heavy atom. The lowest BCUT2D eigenvalue weighted by atomic mass is 10.1. The lowest BCUT2D eigenvalue weighted by Crippen LogP contribution is -2.35. The van der Waals surface area contributed by atoms with Crippen molar-refractivity contribution in [2.75, 3.05) is 23.7 Å². The number of guanidine groups is 1. The van der Waals surface area contributed by atoms with Crippen molar-refractivity contribution >= 4 is 39.0 Å². The maximum atomic E-state index is 13.4. The van der Waals surface area contributed by atoms with Gasteiger partial charge in [0.15, 0.2) is 15.8 Å². The number of sulfone groups is 1. The van der Waals surface area contributed by atoms with Crippen LogP contribution in [0.25, 0.3) is 0 Å². The van der Waals surface area contributed by atoms with Gasteiger partial charge in [-0.05, 0) is 48.4 Å². The van der Waals surface area contributed by atoms with Crippen LogP contribution in [0.3, 0.4) is 0 Å². The molecule has 4 rings (SSSR count). The van der Waals surface area contributed by atoms with Crippen LogP contribution in [-0.4, -0.2) is 44.4 Å². The molecule has 0 saturated carbocycles. The van der Waals surface area contributed by atoms with Gasteiger partial charge in [0.1, 0.15) is 5.25 Å². The maximum absolute atomic E-state index is 13.4. The van der Waals surface area contributed by atoms with E-state index in [2.05, 4.69) is 20.9 Å². The predicted molar refractivity (Wildman–Crippen MR) is 138 cm³/mol. The van der Waals surface area contributed by atoms with Crippen molar-refractivity contribution in [3.63, 3.8) is 0 Å². The summed E-state index contributed by atoms with van der Waals surface area (Å²) in [5, 5.41) is 17.1. The van der Waals surface area contributed by atoms with E-state index >= 15 is 0 Å². The first-order valence-electron chi connectivity index (χ1n) is 11.4. The Kier molecular flexibility index (Phi) is 7.65. The molecule has 1 aliphatic rings. The number of hydrogen-bond acceptors (Lipinski definition) is 7. The Labute approximate surface area is 209 Å². The first-order valence-corrected chi connectivity index (χ1v) is 12.9. The largest absolute Gasteiger partial charge is 0.481 e. The van der Waals surface area contributed by atoms with Crippen LogP contribution >= 0.6 is 0 Å². The fourth-order valence-corrected chi connectivity index (χ4v) is 5.61. The second-order valence-electron chi connectivity index (χ2n) is 8.24. The lowest BCUT2D eigenvalue weighted by Gasteiger charge is -2.17.